The van der Waals surface area contributed by atoms with Crippen LogP contribution >= 0.6 is 0 Å². The average Bonchev–Trinajstić information content (AvgIpc) is 2.98. The van der Waals surface area contributed by atoms with Gasteiger partial charge in [0.25, 0.3) is 0 Å². The number of carbonyl (C=O) groups excluding carboxylic acids is 1. The van der Waals surface area contributed by atoms with Gasteiger partial charge in [-0.3, -0.25) is 9.48 Å². The number of nitrogens with zero attached hydrogens (tertiary/aromatic N) is 3. The molecule has 5 nitrogen and oxygen atoms in total. The molecule has 0 atom stereocenters. The number of carbonyl (C=O) groups is 1. The van der Waals surface area contributed by atoms with Gasteiger partial charge in [-0.25, -0.2) is 4.98 Å². The molecule has 0 unspecified atom stereocenters. The highest BCUT2D eigenvalue weighted by atomic mass is 16.1. The SMILES string of the molecule is Cn1ncnc1CC(=O)c1ccc2c(c1)CNC2. The van der Waals surface area contributed by atoms with Crippen molar-refractivity contribution in [1.29, 1.82) is 0 Å². The molecular formula is C13H14N4O. The van der Waals surface area contributed by atoms with Crippen molar-refractivity contribution < 1.29 is 4.79 Å². The molecule has 0 aliphatic carbocycles. The molecule has 1 aliphatic heterocycles. The molecule has 0 spiro atoms. The maximum Gasteiger partial charge on any atom is 0.170 e. The van der Waals surface area contributed by atoms with Gasteiger partial charge in [-0.05, 0) is 17.2 Å². The first-order valence-electron chi connectivity index (χ1n) is 5.92. The van der Waals surface area contributed by atoms with Crippen LogP contribution in [0.5, 0.6) is 0 Å². The van der Waals surface area contributed by atoms with Gasteiger partial charge in [-0.1, -0.05) is 12.1 Å². The van der Waals surface area contributed by atoms with E-state index in [1.54, 1.807) is 11.7 Å². The number of fused-ring (bicyclic) bond motifs is 1. The number of benzene rings is 1. The fourth-order valence-corrected chi connectivity index (χ4v) is 2.19. The van der Waals surface area contributed by atoms with Crippen LogP contribution in [0.2, 0.25) is 0 Å². The van der Waals surface area contributed by atoms with Crippen LogP contribution in [0.4, 0.5) is 0 Å². The molecule has 18 heavy (non-hydrogen) atoms. The van der Waals surface area contributed by atoms with Gasteiger partial charge in [-0.2, -0.15) is 5.10 Å². The number of nitrogens with one attached hydrogen (secondary N) is 1. The Hall–Kier alpha value is -2.01. The second-order valence-corrected chi connectivity index (χ2v) is 4.49. The van der Waals surface area contributed by atoms with E-state index in [0.29, 0.717) is 12.2 Å². The van der Waals surface area contributed by atoms with Gasteiger partial charge in [0.2, 0.25) is 0 Å². The molecule has 1 N–H and O–H groups in total. The molecular weight excluding hydrogens is 228 g/mol. The summed E-state index contributed by atoms with van der Waals surface area (Å²) in [6.45, 7) is 1.74. The molecule has 5 heteroatoms. The Morgan fingerprint density at radius 3 is 3.00 bits per heavy atom. The first-order chi connectivity index (χ1) is 8.74. The molecule has 0 fully saturated rings. The minimum Gasteiger partial charge on any atom is -0.309 e. The van der Waals surface area contributed by atoms with Crippen molar-refractivity contribution in [3.63, 3.8) is 0 Å². The maximum atomic E-state index is 12.2. The number of aromatic nitrogens is 3. The Bertz CT molecular complexity index is 603. The highest BCUT2D eigenvalue weighted by molar-refractivity contribution is 5.97. The highest BCUT2D eigenvalue weighted by Gasteiger charge is 2.15. The van der Waals surface area contributed by atoms with Gasteiger partial charge in [0, 0.05) is 25.7 Å². The Morgan fingerprint density at radius 1 is 1.39 bits per heavy atom. The molecule has 0 saturated carbocycles. The van der Waals surface area contributed by atoms with Gasteiger partial charge in [-0.15, -0.1) is 0 Å². The lowest BCUT2D eigenvalue weighted by Crippen LogP contribution is -2.09. The third-order valence-electron chi connectivity index (χ3n) is 3.28. The van der Waals surface area contributed by atoms with Crippen molar-refractivity contribution in [2.75, 3.05) is 0 Å². The highest BCUT2D eigenvalue weighted by Crippen LogP contribution is 2.18. The number of hydrogen-bond acceptors (Lipinski definition) is 4. The second kappa shape index (κ2) is 4.34. The van der Waals surface area contributed by atoms with Crippen molar-refractivity contribution >= 4 is 5.78 Å². The molecule has 2 aromatic rings. The molecule has 0 bridgehead atoms. The van der Waals surface area contributed by atoms with Gasteiger partial charge in [0.1, 0.15) is 12.2 Å². The Morgan fingerprint density at radius 2 is 2.22 bits per heavy atom. The fourth-order valence-electron chi connectivity index (χ4n) is 2.19. The first kappa shape index (κ1) is 11.1. The summed E-state index contributed by atoms with van der Waals surface area (Å²) in [4.78, 5) is 16.2. The molecule has 1 aliphatic rings. The Balaban J connectivity index is 1.83. The van der Waals surface area contributed by atoms with Crippen LogP contribution in [0, 0.1) is 0 Å². The third-order valence-corrected chi connectivity index (χ3v) is 3.28. The van der Waals surface area contributed by atoms with Crippen molar-refractivity contribution in [2.45, 2.75) is 19.5 Å². The maximum absolute atomic E-state index is 12.2. The van der Waals surface area contributed by atoms with Crippen LogP contribution < -0.4 is 5.32 Å². The molecule has 1 aromatic heterocycles. The van der Waals surface area contributed by atoms with E-state index >= 15 is 0 Å². The van der Waals surface area contributed by atoms with E-state index in [2.05, 4.69) is 15.4 Å². The number of rotatable bonds is 3. The molecule has 1 aromatic carbocycles. The van der Waals surface area contributed by atoms with Crippen LogP contribution in [0.3, 0.4) is 0 Å². The van der Waals surface area contributed by atoms with E-state index in [0.717, 1.165) is 18.7 Å². The predicted molar refractivity (Wildman–Crippen MR) is 66.0 cm³/mol. The van der Waals surface area contributed by atoms with E-state index in [9.17, 15) is 4.79 Å². The summed E-state index contributed by atoms with van der Waals surface area (Å²) in [7, 11) is 1.79. The van der Waals surface area contributed by atoms with Crippen LogP contribution in [-0.4, -0.2) is 20.5 Å². The minimum absolute atomic E-state index is 0.0841. The summed E-state index contributed by atoms with van der Waals surface area (Å²) < 4.78 is 1.63. The van der Waals surface area contributed by atoms with E-state index in [4.69, 9.17) is 0 Å². The summed E-state index contributed by atoms with van der Waals surface area (Å²) >= 11 is 0. The third kappa shape index (κ3) is 1.93. The zero-order valence-corrected chi connectivity index (χ0v) is 10.2. The summed E-state index contributed by atoms with van der Waals surface area (Å²) in [5, 5.41) is 7.24. The Kier molecular flexibility index (Phi) is 2.68. The second-order valence-electron chi connectivity index (χ2n) is 4.49. The number of aryl methyl sites for hydroxylation is 1. The average molecular weight is 242 g/mol. The Labute approximate surface area is 105 Å². The molecule has 2 heterocycles. The number of hydrogen-bond donors (Lipinski definition) is 1. The monoisotopic (exact) mass is 242 g/mol. The number of Topliss-reactive ketones (excluding diaryl/α,β-unsaturated/α-hetero) is 1. The standard InChI is InChI=1S/C13H14N4O/c1-17-13(15-8-16-17)5-12(18)9-2-3-10-6-14-7-11(10)4-9/h2-4,8,14H,5-7H2,1H3. The van der Waals surface area contributed by atoms with Crippen molar-refractivity contribution in [3.05, 3.63) is 47.0 Å². The summed E-state index contributed by atoms with van der Waals surface area (Å²) in [6.07, 6.45) is 1.76. The van der Waals surface area contributed by atoms with Gasteiger partial charge >= 0.3 is 0 Å². The summed E-state index contributed by atoms with van der Waals surface area (Å²) in [6, 6.07) is 5.90. The smallest absolute Gasteiger partial charge is 0.170 e. The summed E-state index contributed by atoms with van der Waals surface area (Å²) in [5.41, 5.74) is 3.25. The normalized spacial score (nSPS) is 13.6. The van der Waals surface area contributed by atoms with Gasteiger partial charge < -0.3 is 5.32 Å². The zero-order valence-electron chi connectivity index (χ0n) is 10.2. The lowest BCUT2D eigenvalue weighted by Gasteiger charge is -2.03. The first-order valence-corrected chi connectivity index (χ1v) is 5.92. The lowest BCUT2D eigenvalue weighted by atomic mass is 10.0. The fraction of sp³-hybridized carbons (Fsp3) is 0.308. The minimum atomic E-state index is 0.0841. The largest absolute Gasteiger partial charge is 0.309 e. The van der Waals surface area contributed by atoms with E-state index in [1.807, 2.05) is 18.2 Å². The lowest BCUT2D eigenvalue weighted by molar-refractivity contribution is 0.0989. The predicted octanol–water partition coefficient (Wildman–Crippen LogP) is 0.844. The molecule has 92 valence electrons. The van der Waals surface area contributed by atoms with Crippen LogP contribution in [0.1, 0.15) is 27.3 Å². The van der Waals surface area contributed by atoms with Crippen LogP contribution in [-0.2, 0) is 26.6 Å². The quantitative estimate of drug-likeness (QED) is 0.810. The van der Waals surface area contributed by atoms with E-state index in [1.165, 1.54) is 17.5 Å². The van der Waals surface area contributed by atoms with Gasteiger partial charge in [0.15, 0.2) is 5.78 Å². The van der Waals surface area contributed by atoms with Crippen LogP contribution in [0.25, 0.3) is 0 Å². The van der Waals surface area contributed by atoms with E-state index in [-0.39, 0.29) is 5.78 Å². The molecule has 0 amide bonds. The number of ketones is 1. The summed E-state index contributed by atoms with van der Waals surface area (Å²) in [5.74, 6) is 0.777. The van der Waals surface area contributed by atoms with Crippen LogP contribution in [0.15, 0.2) is 24.5 Å². The van der Waals surface area contributed by atoms with E-state index < -0.39 is 0 Å². The van der Waals surface area contributed by atoms with Gasteiger partial charge in [0.05, 0.1) is 6.42 Å². The van der Waals surface area contributed by atoms with Crippen molar-refractivity contribution in [1.82, 2.24) is 20.1 Å². The molecule has 3 rings (SSSR count). The molecule has 0 radical (unpaired) electrons. The topological polar surface area (TPSA) is 59.8 Å². The van der Waals surface area contributed by atoms with Crippen molar-refractivity contribution in [3.8, 4) is 0 Å². The van der Waals surface area contributed by atoms with Crippen molar-refractivity contribution in [2.24, 2.45) is 7.05 Å². The zero-order chi connectivity index (χ0) is 12.5. The molecule has 0 saturated heterocycles.